The van der Waals surface area contributed by atoms with Crippen molar-refractivity contribution in [1.82, 2.24) is 0 Å². The molecule has 2 heteroatoms. The zero-order valence-electron chi connectivity index (χ0n) is 7.46. The molecule has 0 aliphatic rings. The molecule has 2 N–H and O–H groups in total. The minimum Gasteiger partial charge on any atom is -0.404 e. The maximum atomic E-state index is 5.41. The van der Waals surface area contributed by atoms with Gasteiger partial charge in [-0.2, -0.15) is 0 Å². The fourth-order valence-corrected chi connectivity index (χ4v) is 0.620. The maximum Gasteiger partial charge on any atom is 0.0319 e. The van der Waals surface area contributed by atoms with Crippen molar-refractivity contribution in [2.45, 2.75) is 20.8 Å². The molecule has 0 fully saturated rings. The van der Waals surface area contributed by atoms with Crippen LogP contribution in [0.15, 0.2) is 29.5 Å². The number of rotatable bonds is 2. The van der Waals surface area contributed by atoms with Crippen LogP contribution in [-0.2, 0) is 0 Å². The molecule has 0 heterocycles. The Labute approximate surface area is 68.5 Å². The van der Waals surface area contributed by atoms with E-state index in [0.29, 0.717) is 0 Å². The highest BCUT2D eigenvalue weighted by Crippen LogP contribution is 2.22. The van der Waals surface area contributed by atoms with Gasteiger partial charge in [0.2, 0.25) is 0 Å². The Balaban J connectivity index is 4.45. The summed E-state index contributed by atoms with van der Waals surface area (Å²) < 4.78 is 0. The number of nitrogens with zero attached hydrogens (tertiary/aromatic N) is 1. The molecule has 0 unspecified atom stereocenters. The molecule has 0 amide bonds. The van der Waals surface area contributed by atoms with Crippen LogP contribution in [0, 0.1) is 5.41 Å². The molecule has 0 bridgehead atoms. The van der Waals surface area contributed by atoms with Gasteiger partial charge in [0, 0.05) is 12.4 Å². The van der Waals surface area contributed by atoms with Gasteiger partial charge in [-0.1, -0.05) is 27.4 Å². The molecule has 0 aliphatic heterocycles. The predicted molar refractivity (Wildman–Crippen MR) is 50.4 cm³/mol. The minimum atomic E-state index is 0.0568. The second kappa shape index (κ2) is 3.96. The van der Waals surface area contributed by atoms with E-state index in [-0.39, 0.29) is 5.41 Å². The quantitative estimate of drug-likeness (QED) is 0.604. The maximum absolute atomic E-state index is 5.41. The first-order valence-corrected chi connectivity index (χ1v) is 3.59. The molecular formula is C9H16N2. The van der Waals surface area contributed by atoms with Crippen molar-refractivity contribution in [2.75, 3.05) is 0 Å². The van der Waals surface area contributed by atoms with Crippen molar-refractivity contribution < 1.29 is 0 Å². The average Bonchev–Trinajstić information content (AvgIpc) is 1.87. The minimum absolute atomic E-state index is 0.0568. The van der Waals surface area contributed by atoms with Crippen molar-refractivity contribution in [3.63, 3.8) is 0 Å². The molecule has 0 aromatic carbocycles. The number of nitrogens with two attached hydrogens (primary N) is 1. The number of hydrogen-bond donors (Lipinski definition) is 1. The first-order chi connectivity index (χ1) is 5.02. The van der Waals surface area contributed by atoms with Crippen LogP contribution < -0.4 is 5.73 Å². The monoisotopic (exact) mass is 152 g/mol. The molecule has 0 aromatic heterocycles. The highest BCUT2D eigenvalue weighted by Gasteiger charge is 2.13. The summed E-state index contributed by atoms with van der Waals surface area (Å²) >= 11 is 0. The Morgan fingerprint density at radius 2 is 2.00 bits per heavy atom. The number of aliphatic imine (C=N–C) groups is 1. The zero-order chi connectivity index (χ0) is 8.91. The van der Waals surface area contributed by atoms with Crippen molar-refractivity contribution in [1.29, 1.82) is 0 Å². The van der Waals surface area contributed by atoms with E-state index >= 15 is 0 Å². The molecule has 0 aliphatic carbocycles. The van der Waals surface area contributed by atoms with E-state index in [4.69, 9.17) is 5.73 Å². The lowest BCUT2D eigenvalue weighted by Gasteiger charge is -2.18. The number of allylic oxidation sites excluding steroid dienone is 1. The predicted octanol–water partition coefficient (Wildman–Crippen LogP) is 2.09. The highest BCUT2D eigenvalue weighted by molar-refractivity contribution is 5.80. The van der Waals surface area contributed by atoms with Gasteiger partial charge in [-0.3, -0.25) is 4.99 Å². The summed E-state index contributed by atoms with van der Waals surface area (Å²) in [5.74, 6) is 0. The van der Waals surface area contributed by atoms with Crippen molar-refractivity contribution in [2.24, 2.45) is 16.1 Å². The van der Waals surface area contributed by atoms with E-state index in [1.165, 1.54) is 6.20 Å². The molecular weight excluding hydrogens is 136 g/mol. The van der Waals surface area contributed by atoms with Gasteiger partial charge < -0.3 is 5.73 Å². The van der Waals surface area contributed by atoms with Gasteiger partial charge in [0.25, 0.3) is 0 Å². The summed E-state index contributed by atoms with van der Waals surface area (Å²) in [6, 6.07) is 0. The highest BCUT2D eigenvalue weighted by atomic mass is 14.7. The first-order valence-electron chi connectivity index (χ1n) is 3.59. The molecule has 62 valence electrons. The standard InChI is InChI=1S/C9H16N2/c1-5-11-7-8(6-10)9(2,3)4/h5-7H,1,10H2,2-4H3/b8-6+,11-7?. The first kappa shape index (κ1) is 9.95. The van der Waals surface area contributed by atoms with E-state index in [1.54, 1.807) is 12.4 Å². The lowest BCUT2D eigenvalue weighted by atomic mass is 9.88. The third-order valence-corrected chi connectivity index (χ3v) is 1.36. The second-order valence-electron chi connectivity index (χ2n) is 3.33. The Bertz CT molecular complexity index is 182. The molecule has 0 saturated heterocycles. The van der Waals surface area contributed by atoms with Gasteiger partial charge >= 0.3 is 0 Å². The number of hydrogen-bond acceptors (Lipinski definition) is 2. The van der Waals surface area contributed by atoms with E-state index in [2.05, 4.69) is 32.3 Å². The van der Waals surface area contributed by atoms with Gasteiger partial charge in [-0.15, -0.1) is 0 Å². The summed E-state index contributed by atoms with van der Waals surface area (Å²) in [7, 11) is 0. The summed E-state index contributed by atoms with van der Waals surface area (Å²) in [6.07, 6.45) is 4.80. The van der Waals surface area contributed by atoms with Crippen molar-refractivity contribution >= 4 is 6.21 Å². The largest absolute Gasteiger partial charge is 0.404 e. The zero-order valence-corrected chi connectivity index (χ0v) is 7.46. The molecule has 0 rings (SSSR count). The molecule has 0 aromatic rings. The Morgan fingerprint density at radius 3 is 2.27 bits per heavy atom. The summed E-state index contributed by atoms with van der Waals surface area (Å²) in [6.45, 7) is 9.74. The van der Waals surface area contributed by atoms with Crippen molar-refractivity contribution in [3.05, 3.63) is 24.6 Å². The lowest BCUT2D eigenvalue weighted by molar-refractivity contribution is 0.525. The Hall–Kier alpha value is -1.05. The SMILES string of the molecule is C=CN=C/C(=C\N)C(C)(C)C. The van der Waals surface area contributed by atoms with E-state index in [1.807, 2.05) is 0 Å². The molecule has 0 saturated carbocycles. The van der Waals surface area contributed by atoms with Crippen LogP contribution in [0.3, 0.4) is 0 Å². The molecule has 0 atom stereocenters. The average molecular weight is 152 g/mol. The van der Waals surface area contributed by atoms with Crippen LogP contribution in [0.5, 0.6) is 0 Å². The topological polar surface area (TPSA) is 38.4 Å². The Kier molecular flexibility index (Phi) is 3.58. The van der Waals surface area contributed by atoms with Gasteiger partial charge in [0.1, 0.15) is 0 Å². The fraction of sp³-hybridized carbons (Fsp3) is 0.444. The van der Waals surface area contributed by atoms with Crippen LogP contribution in [0.2, 0.25) is 0 Å². The summed E-state index contributed by atoms with van der Waals surface area (Å²) in [4.78, 5) is 3.90. The van der Waals surface area contributed by atoms with Crippen LogP contribution >= 0.6 is 0 Å². The molecule has 0 spiro atoms. The smallest absolute Gasteiger partial charge is 0.0319 e. The van der Waals surface area contributed by atoms with Gasteiger partial charge in [0.15, 0.2) is 0 Å². The molecule has 0 radical (unpaired) electrons. The van der Waals surface area contributed by atoms with Gasteiger partial charge in [0.05, 0.1) is 0 Å². The fourth-order valence-electron chi connectivity index (χ4n) is 0.620. The Morgan fingerprint density at radius 1 is 1.45 bits per heavy atom. The van der Waals surface area contributed by atoms with Crippen LogP contribution in [0.4, 0.5) is 0 Å². The van der Waals surface area contributed by atoms with E-state index < -0.39 is 0 Å². The third kappa shape index (κ3) is 3.61. The van der Waals surface area contributed by atoms with Gasteiger partial charge in [-0.25, -0.2) is 0 Å². The van der Waals surface area contributed by atoms with Crippen molar-refractivity contribution in [3.8, 4) is 0 Å². The van der Waals surface area contributed by atoms with Crippen LogP contribution in [0.1, 0.15) is 20.8 Å². The van der Waals surface area contributed by atoms with E-state index in [9.17, 15) is 0 Å². The van der Waals surface area contributed by atoms with Crippen LogP contribution in [-0.4, -0.2) is 6.21 Å². The van der Waals surface area contributed by atoms with Gasteiger partial charge in [-0.05, 0) is 17.2 Å². The lowest BCUT2D eigenvalue weighted by Crippen LogP contribution is -2.12. The molecule has 11 heavy (non-hydrogen) atoms. The summed E-state index contributed by atoms with van der Waals surface area (Å²) in [5, 5.41) is 0. The third-order valence-electron chi connectivity index (χ3n) is 1.36. The normalized spacial score (nSPS) is 13.9. The second-order valence-corrected chi connectivity index (χ2v) is 3.33. The van der Waals surface area contributed by atoms with Crippen LogP contribution in [0.25, 0.3) is 0 Å². The molecule has 2 nitrogen and oxygen atoms in total. The summed E-state index contributed by atoms with van der Waals surface area (Å²) in [5.41, 5.74) is 6.48. The van der Waals surface area contributed by atoms with E-state index in [0.717, 1.165) is 5.57 Å².